The number of carbonyl (C=O) groups is 4. The fraction of sp³-hybridized carbons (Fsp3) is 0.655. The van der Waals surface area contributed by atoms with Crippen LogP contribution in [0, 0.1) is 17.8 Å². The van der Waals surface area contributed by atoms with E-state index in [2.05, 4.69) is 0 Å². The predicted molar refractivity (Wildman–Crippen MR) is 144 cm³/mol. The van der Waals surface area contributed by atoms with Crippen molar-refractivity contribution >= 4 is 23.9 Å². The molecule has 0 heterocycles. The standard InChI is InChI=1S/C29H45NO8/c1-9-19(5)13-25(31)37-23-12-11-22(15-24(23)38-26(32)14-20(6)10-2)17-29(30,28(34)35-8)16-21(7)36-27(33)18(3)4/h11-12,15,18-21H,9-10,13-14,16-17,30H2,1-8H3/t19?,20?,21-,29?/m0/s1. The summed E-state index contributed by atoms with van der Waals surface area (Å²) in [5.74, 6) is -1.86. The van der Waals surface area contributed by atoms with Crippen LogP contribution in [0.2, 0.25) is 0 Å². The summed E-state index contributed by atoms with van der Waals surface area (Å²) in [5, 5.41) is 0. The molecule has 0 saturated heterocycles. The van der Waals surface area contributed by atoms with Gasteiger partial charge in [-0.25, -0.2) is 0 Å². The molecule has 1 aromatic rings. The van der Waals surface area contributed by atoms with Crippen molar-refractivity contribution in [3.05, 3.63) is 23.8 Å². The largest absolute Gasteiger partial charge is 0.468 e. The van der Waals surface area contributed by atoms with Crippen molar-refractivity contribution in [3.63, 3.8) is 0 Å². The highest BCUT2D eigenvalue weighted by molar-refractivity contribution is 5.81. The molecule has 214 valence electrons. The lowest BCUT2D eigenvalue weighted by atomic mass is 9.86. The average molecular weight is 536 g/mol. The van der Waals surface area contributed by atoms with Crippen LogP contribution >= 0.6 is 0 Å². The summed E-state index contributed by atoms with van der Waals surface area (Å²) in [4.78, 5) is 49.8. The molecule has 0 amide bonds. The van der Waals surface area contributed by atoms with Crippen LogP contribution in [0.5, 0.6) is 11.5 Å². The number of rotatable bonds is 15. The van der Waals surface area contributed by atoms with Crippen molar-refractivity contribution in [2.24, 2.45) is 23.5 Å². The summed E-state index contributed by atoms with van der Waals surface area (Å²) in [6, 6.07) is 4.71. The van der Waals surface area contributed by atoms with E-state index < -0.39 is 35.5 Å². The zero-order chi connectivity index (χ0) is 29.0. The summed E-state index contributed by atoms with van der Waals surface area (Å²) in [7, 11) is 1.23. The van der Waals surface area contributed by atoms with Gasteiger partial charge in [0.15, 0.2) is 11.5 Å². The third-order valence-electron chi connectivity index (χ3n) is 6.43. The third-order valence-corrected chi connectivity index (χ3v) is 6.43. The van der Waals surface area contributed by atoms with E-state index in [-0.39, 0.29) is 54.9 Å². The van der Waals surface area contributed by atoms with Gasteiger partial charge >= 0.3 is 23.9 Å². The molecule has 0 saturated carbocycles. The smallest absolute Gasteiger partial charge is 0.326 e. The topological polar surface area (TPSA) is 131 Å². The monoisotopic (exact) mass is 535 g/mol. The van der Waals surface area contributed by atoms with Crippen molar-refractivity contribution in [1.29, 1.82) is 0 Å². The van der Waals surface area contributed by atoms with Crippen LogP contribution in [0.1, 0.15) is 86.1 Å². The van der Waals surface area contributed by atoms with Crippen molar-refractivity contribution in [2.75, 3.05) is 7.11 Å². The SMILES string of the molecule is CCC(C)CC(=O)Oc1ccc(CC(N)(C[C@H](C)OC(=O)C(C)C)C(=O)OC)cc1OC(=O)CC(C)CC. The molecule has 38 heavy (non-hydrogen) atoms. The number of methoxy groups -OCH3 is 1. The Morgan fingerprint density at radius 2 is 1.39 bits per heavy atom. The number of benzene rings is 1. The highest BCUT2D eigenvalue weighted by atomic mass is 16.6. The number of nitrogens with two attached hydrogens (primary N) is 1. The number of esters is 4. The molecule has 0 aliphatic heterocycles. The quantitative estimate of drug-likeness (QED) is 0.249. The maximum atomic E-state index is 12.7. The van der Waals surface area contributed by atoms with E-state index in [1.807, 2.05) is 27.7 Å². The lowest BCUT2D eigenvalue weighted by Gasteiger charge is -2.30. The van der Waals surface area contributed by atoms with Gasteiger partial charge in [-0.1, -0.05) is 60.5 Å². The van der Waals surface area contributed by atoms with Crippen LogP contribution in [0.3, 0.4) is 0 Å². The lowest BCUT2D eigenvalue weighted by Crippen LogP contribution is -2.53. The zero-order valence-corrected chi connectivity index (χ0v) is 24.1. The van der Waals surface area contributed by atoms with Gasteiger partial charge in [-0.15, -0.1) is 0 Å². The predicted octanol–water partition coefficient (Wildman–Crippen LogP) is 4.76. The summed E-state index contributed by atoms with van der Waals surface area (Å²) in [6.07, 6.45) is 1.40. The maximum absolute atomic E-state index is 12.7. The zero-order valence-electron chi connectivity index (χ0n) is 24.1. The number of hydrogen-bond donors (Lipinski definition) is 1. The summed E-state index contributed by atoms with van der Waals surface area (Å²) < 4.78 is 21.5. The van der Waals surface area contributed by atoms with E-state index in [9.17, 15) is 19.2 Å². The minimum atomic E-state index is -1.53. The molecule has 0 spiro atoms. The lowest BCUT2D eigenvalue weighted by molar-refractivity contribution is -0.157. The van der Waals surface area contributed by atoms with Gasteiger partial charge in [0, 0.05) is 25.7 Å². The molecular weight excluding hydrogens is 490 g/mol. The maximum Gasteiger partial charge on any atom is 0.326 e. The van der Waals surface area contributed by atoms with Crippen LogP contribution in [0.4, 0.5) is 0 Å². The molecule has 0 fully saturated rings. The van der Waals surface area contributed by atoms with Crippen LogP contribution in [-0.2, 0) is 35.1 Å². The fourth-order valence-electron chi connectivity index (χ4n) is 3.70. The van der Waals surface area contributed by atoms with Gasteiger partial charge in [0.25, 0.3) is 0 Å². The Bertz CT molecular complexity index is 960. The van der Waals surface area contributed by atoms with Crippen molar-refractivity contribution < 1.29 is 38.1 Å². The Morgan fingerprint density at radius 3 is 1.87 bits per heavy atom. The first-order valence-electron chi connectivity index (χ1n) is 13.4. The second kappa shape index (κ2) is 15.5. The Hall–Kier alpha value is -2.94. The van der Waals surface area contributed by atoms with Gasteiger partial charge < -0.3 is 24.7 Å². The van der Waals surface area contributed by atoms with E-state index in [0.717, 1.165) is 12.8 Å². The van der Waals surface area contributed by atoms with E-state index in [4.69, 9.17) is 24.7 Å². The van der Waals surface area contributed by atoms with Crippen LogP contribution in [0.15, 0.2) is 18.2 Å². The molecule has 0 aliphatic rings. The van der Waals surface area contributed by atoms with E-state index in [1.54, 1.807) is 26.8 Å². The molecule has 3 unspecified atom stereocenters. The highest BCUT2D eigenvalue weighted by Gasteiger charge is 2.38. The summed E-state index contributed by atoms with van der Waals surface area (Å²) in [6.45, 7) is 12.9. The Morgan fingerprint density at radius 1 is 0.868 bits per heavy atom. The molecule has 0 aromatic heterocycles. The molecule has 1 aromatic carbocycles. The fourth-order valence-corrected chi connectivity index (χ4v) is 3.70. The molecular formula is C29H45NO8. The first kappa shape index (κ1) is 33.1. The van der Waals surface area contributed by atoms with Gasteiger partial charge in [0.2, 0.25) is 0 Å². The first-order valence-corrected chi connectivity index (χ1v) is 13.4. The number of ether oxygens (including phenoxy) is 4. The van der Waals surface area contributed by atoms with Gasteiger partial charge in [-0.05, 0) is 36.5 Å². The molecule has 4 atom stereocenters. The molecule has 1 rings (SSSR count). The second-order valence-corrected chi connectivity index (χ2v) is 10.6. The van der Waals surface area contributed by atoms with Crippen molar-refractivity contribution in [1.82, 2.24) is 0 Å². The van der Waals surface area contributed by atoms with Crippen molar-refractivity contribution in [2.45, 2.75) is 98.6 Å². The number of carbonyl (C=O) groups excluding carboxylic acids is 4. The number of hydrogen-bond acceptors (Lipinski definition) is 9. The van der Waals surface area contributed by atoms with Crippen LogP contribution in [-0.4, -0.2) is 42.6 Å². The average Bonchev–Trinajstić information content (AvgIpc) is 2.84. The van der Waals surface area contributed by atoms with Gasteiger partial charge in [-0.2, -0.15) is 0 Å². The minimum Gasteiger partial charge on any atom is -0.468 e. The van der Waals surface area contributed by atoms with Crippen LogP contribution in [0.25, 0.3) is 0 Å². The molecule has 0 radical (unpaired) electrons. The van der Waals surface area contributed by atoms with E-state index in [1.165, 1.54) is 19.2 Å². The minimum absolute atomic E-state index is 0.000249. The normalized spacial score (nSPS) is 15.1. The molecule has 0 bridgehead atoms. The van der Waals surface area contributed by atoms with E-state index in [0.29, 0.717) is 5.56 Å². The van der Waals surface area contributed by atoms with Crippen molar-refractivity contribution in [3.8, 4) is 11.5 Å². The first-order chi connectivity index (χ1) is 17.7. The molecule has 9 heteroatoms. The Kier molecular flexibility index (Phi) is 13.5. The van der Waals surface area contributed by atoms with Gasteiger partial charge in [0.1, 0.15) is 11.6 Å². The summed E-state index contributed by atoms with van der Waals surface area (Å²) >= 11 is 0. The molecule has 2 N–H and O–H groups in total. The van der Waals surface area contributed by atoms with Gasteiger partial charge in [-0.3, -0.25) is 19.2 Å². The molecule has 9 nitrogen and oxygen atoms in total. The second-order valence-electron chi connectivity index (χ2n) is 10.6. The van der Waals surface area contributed by atoms with E-state index >= 15 is 0 Å². The Labute approximate surface area is 226 Å². The van der Waals surface area contributed by atoms with Gasteiger partial charge in [0.05, 0.1) is 13.0 Å². The summed E-state index contributed by atoms with van der Waals surface area (Å²) in [5.41, 5.74) is 5.52. The molecule has 0 aliphatic carbocycles. The van der Waals surface area contributed by atoms with Crippen LogP contribution < -0.4 is 15.2 Å². The highest BCUT2D eigenvalue weighted by Crippen LogP contribution is 2.32. The third kappa shape index (κ3) is 10.8. The Balaban J connectivity index is 3.28.